The molecule has 0 bridgehead atoms. The normalized spacial score (nSPS) is 30.2. The van der Waals surface area contributed by atoms with Crippen molar-refractivity contribution in [2.24, 2.45) is 10.8 Å². The Morgan fingerprint density at radius 3 is 2.53 bits per heavy atom. The Morgan fingerprint density at radius 2 is 2.06 bits per heavy atom. The minimum absolute atomic E-state index is 0.123. The first-order valence-corrected chi connectivity index (χ1v) is 7.15. The molecule has 2 rings (SSSR count). The van der Waals surface area contributed by atoms with E-state index in [1.165, 1.54) is 25.7 Å². The predicted molar refractivity (Wildman–Crippen MR) is 69.8 cm³/mol. The first-order valence-electron chi connectivity index (χ1n) is 7.15. The van der Waals surface area contributed by atoms with Gasteiger partial charge in [-0.05, 0) is 44.1 Å². The van der Waals surface area contributed by atoms with E-state index >= 15 is 0 Å². The summed E-state index contributed by atoms with van der Waals surface area (Å²) < 4.78 is 0. The lowest BCUT2D eigenvalue weighted by molar-refractivity contribution is -0.130. The third-order valence-corrected chi connectivity index (χ3v) is 4.76. The first kappa shape index (κ1) is 12.9. The zero-order valence-corrected chi connectivity index (χ0v) is 11.3. The molecular formula is C14H26N2O. The standard InChI is InChI=1S/C14H26N2O/c1-3-5-13(6-7-13)10-16-12(17)14(4-2)8-9-15-11-14/h15H,3-11H2,1-2H3,(H,16,17). The van der Waals surface area contributed by atoms with Crippen molar-refractivity contribution in [3.63, 3.8) is 0 Å². The van der Waals surface area contributed by atoms with Crippen molar-refractivity contribution in [1.82, 2.24) is 10.6 Å². The van der Waals surface area contributed by atoms with Crippen LogP contribution in [0.2, 0.25) is 0 Å². The van der Waals surface area contributed by atoms with Gasteiger partial charge in [-0.1, -0.05) is 20.3 Å². The summed E-state index contributed by atoms with van der Waals surface area (Å²) in [6.07, 6.45) is 7.06. The summed E-state index contributed by atoms with van der Waals surface area (Å²) in [5.41, 5.74) is 0.341. The van der Waals surface area contributed by atoms with Crippen molar-refractivity contribution in [2.75, 3.05) is 19.6 Å². The smallest absolute Gasteiger partial charge is 0.227 e. The molecule has 1 aliphatic carbocycles. The number of hydrogen-bond donors (Lipinski definition) is 2. The molecule has 2 fully saturated rings. The van der Waals surface area contributed by atoms with E-state index in [9.17, 15) is 4.79 Å². The van der Waals surface area contributed by atoms with Gasteiger partial charge < -0.3 is 10.6 Å². The van der Waals surface area contributed by atoms with Gasteiger partial charge in [0.05, 0.1) is 5.41 Å². The quantitative estimate of drug-likeness (QED) is 0.744. The number of carbonyl (C=O) groups excluding carboxylic acids is 1. The zero-order chi connectivity index (χ0) is 12.4. The fraction of sp³-hybridized carbons (Fsp3) is 0.929. The zero-order valence-electron chi connectivity index (χ0n) is 11.3. The Balaban J connectivity index is 1.84. The molecule has 1 atom stereocenters. The van der Waals surface area contributed by atoms with Gasteiger partial charge in [0, 0.05) is 13.1 Å². The van der Waals surface area contributed by atoms with Crippen molar-refractivity contribution in [3.05, 3.63) is 0 Å². The van der Waals surface area contributed by atoms with Gasteiger partial charge in [-0.15, -0.1) is 0 Å². The molecule has 0 aromatic rings. The molecule has 1 aliphatic heterocycles. The summed E-state index contributed by atoms with van der Waals surface area (Å²) in [4.78, 5) is 12.3. The van der Waals surface area contributed by atoms with Gasteiger partial charge in [0.1, 0.15) is 0 Å². The van der Waals surface area contributed by atoms with Crippen molar-refractivity contribution in [1.29, 1.82) is 0 Å². The molecular weight excluding hydrogens is 212 g/mol. The van der Waals surface area contributed by atoms with E-state index in [1.807, 2.05) is 0 Å². The maximum absolute atomic E-state index is 12.3. The Bertz CT molecular complexity index is 278. The number of rotatable bonds is 6. The second kappa shape index (κ2) is 4.97. The second-order valence-electron chi connectivity index (χ2n) is 5.99. The molecule has 1 saturated heterocycles. The number of amides is 1. The van der Waals surface area contributed by atoms with Crippen LogP contribution in [0, 0.1) is 10.8 Å². The van der Waals surface area contributed by atoms with Crippen LogP contribution in [-0.4, -0.2) is 25.5 Å². The lowest BCUT2D eigenvalue weighted by atomic mass is 9.83. The Hall–Kier alpha value is -0.570. The molecule has 3 nitrogen and oxygen atoms in total. The van der Waals surface area contributed by atoms with Gasteiger partial charge >= 0.3 is 0 Å². The Kier molecular flexibility index (Phi) is 3.76. The molecule has 1 unspecified atom stereocenters. The van der Waals surface area contributed by atoms with Gasteiger partial charge in [0.15, 0.2) is 0 Å². The van der Waals surface area contributed by atoms with E-state index in [0.717, 1.165) is 32.5 Å². The highest BCUT2D eigenvalue weighted by atomic mass is 16.2. The molecule has 2 aliphatic rings. The van der Waals surface area contributed by atoms with Crippen molar-refractivity contribution >= 4 is 5.91 Å². The predicted octanol–water partition coefficient (Wildman–Crippen LogP) is 2.07. The van der Waals surface area contributed by atoms with Crippen LogP contribution in [0.3, 0.4) is 0 Å². The molecule has 17 heavy (non-hydrogen) atoms. The Labute approximate surface area is 105 Å². The minimum Gasteiger partial charge on any atom is -0.355 e. The van der Waals surface area contributed by atoms with Crippen LogP contribution in [0.5, 0.6) is 0 Å². The maximum atomic E-state index is 12.3. The fourth-order valence-corrected chi connectivity index (χ4v) is 3.08. The third-order valence-electron chi connectivity index (χ3n) is 4.76. The molecule has 0 spiro atoms. The van der Waals surface area contributed by atoms with Crippen LogP contribution >= 0.6 is 0 Å². The van der Waals surface area contributed by atoms with E-state index in [-0.39, 0.29) is 11.3 Å². The van der Waals surface area contributed by atoms with E-state index in [4.69, 9.17) is 0 Å². The summed E-state index contributed by atoms with van der Waals surface area (Å²) in [5, 5.41) is 6.55. The van der Waals surface area contributed by atoms with Gasteiger partial charge in [-0.3, -0.25) is 4.79 Å². The fourth-order valence-electron chi connectivity index (χ4n) is 3.08. The second-order valence-corrected chi connectivity index (χ2v) is 5.99. The first-order chi connectivity index (χ1) is 8.16. The molecule has 98 valence electrons. The molecule has 1 amide bonds. The van der Waals surface area contributed by atoms with Crippen LogP contribution in [0.4, 0.5) is 0 Å². The molecule has 0 aromatic heterocycles. The summed E-state index contributed by atoms with van der Waals surface area (Å²) in [5.74, 6) is 0.285. The van der Waals surface area contributed by atoms with Gasteiger partial charge in [-0.25, -0.2) is 0 Å². The van der Waals surface area contributed by atoms with Crippen LogP contribution < -0.4 is 10.6 Å². The molecule has 1 heterocycles. The van der Waals surface area contributed by atoms with Crippen LogP contribution in [-0.2, 0) is 4.79 Å². The van der Waals surface area contributed by atoms with Crippen molar-refractivity contribution < 1.29 is 4.79 Å². The summed E-state index contributed by atoms with van der Waals surface area (Å²) in [6.45, 7) is 7.11. The van der Waals surface area contributed by atoms with Gasteiger partial charge in [-0.2, -0.15) is 0 Å². The maximum Gasteiger partial charge on any atom is 0.227 e. The monoisotopic (exact) mass is 238 g/mol. The van der Waals surface area contributed by atoms with E-state index in [2.05, 4.69) is 24.5 Å². The largest absolute Gasteiger partial charge is 0.355 e. The molecule has 2 N–H and O–H groups in total. The van der Waals surface area contributed by atoms with Crippen molar-refractivity contribution in [3.8, 4) is 0 Å². The van der Waals surface area contributed by atoms with Gasteiger partial charge in [0.25, 0.3) is 0 Å². The highest BCUT2D eigenvalue weighted by molar-refractivity contribution is 5.83. The highest BCUT2D eigenvalue weighted by Crippen LogP contribution is 2.49. The summed E-state index contributed by atoms with van der Waals surface area (Å²) >= 11 is 0. The van der Waals surface area contributed by atoms with Gasteiger partial charge in [0.2, 0.25) is 5.91 Å². The van der Waals surface area contributed by atoms with E-state index < -0.39 is 0 Å². The highest BCUT2D eigenvalue weighted by Gasteiger charge is 2.44. The lowest BCUT2D eigenvalue weighted by Crippen LogP contribution is -2.44. The average Bonchev–Trinajstić information content (AvgIpc) is 2.93. The van der Waals surface area contributed by atoms with Crippen LogP contribution in [0.1, 0.15) is 52.4 Å². The SMILES string of the molecule is CCCC1(CNC(=O)C2(CC)CCNC2)CC1. The van der Waals surface area contributed by atoms with E-state index in [0.29, 0.717) is 5.41 Å². The third kappa shape index (κ3) is 2.65. The number of nitrogens with one attached hydrogen (secondary N) is 2. The van der Waals surface area contributed by atoms with Crippen molar-refractivity contribution in [2.45, 2.75) is 52.4 Å². The van der Waals surface area contributed by atoms with Crippen LogP contribution in [0.25, 0.3) is 0 Å². The molecule has 0 aromatic carbocycles. The average molecular weight is 238 g/mol. The molecule has 0 radical (unpaired) electrons. The summed E-state index contributed by atoms with van der Waals surface area (Å²) in [6, 6.07) is 0. The number of hydrogen-bond acceptors (Lipinski definition) is 2. The number of carbonyl (C=O) groups is 1. The summed E-state index contributed by atoms with van der Waals surface area (Å²) in [7, 11) is 0. The van der Waals surface area contributed by atoms with Crippen LogP contribution in [0.15, 0.2) is 0 Å². The minimum atomic E-state index is -0.123. The molecule has 1 saturated carbocycles. The molecule has 3 heteroatoms. The topological polar surface area (TPSA) is 41.1 Å². The van der Waals surface area contributed by atoms with E-state index in [1.54, 1.807) is 0 Å². The lowest BCUT2D eigenvalue weighted by Gasteiger charge is -2.26. The Morgan fingerprint density at radius 1 is 1.29 bits per heavy atom.